The molecule has 0 saturated heterocycles. The molecule has 1 atom stereocenters. The smallest absolute Gasteiger partial charge is 0.259 e. The van der Waals surface area contributed by atoms with E-state index >= 15 is 0 Å². The first-order chi connectivity index (χ1) is 9.58. The van der Waals surface area contributed by atoms with Gasteiger partial charge >= 0.3 is 0 Å². The van der Waals surface area contributed by atoms with Crippen LogP contribution in [0.1, 0.15) is 12.0 Å². The maximum Gasteiger partial charge on any atom is 0.259 e. The van der Waals surface area contributed by atoms with Crippen LogP contribution in [0.5, 0.6) is 0 Å². The molecule has 0 bridgehead atoms. The molecule has 2 aromatic rings. The molecule has 104 valence electrons. The Kier molecular flexibility index (Phi) is 3.13. The third kappa shape index (κ3) is 2.03. The average Bonchev–Trinajstić information content (AvgIpc) is 2.45. The minimum Gasteiger partial charge on any atom is -0.383 e. The Balaban J connectivity index is 2.27. The van der Waals surface area contributed by atoms with Gasteiger partial charge in [-0.2, -0.15) is 0 Å². The fourth-order valence-corrected chi connectivity index (χ4v) is 3.37. The zero-order chi connectivity index (χ0) is 14.3. The predicted octanol–water partition coefficient (Wildman–Crippen LogP) is 0.446. The van der Waals surface area contributed by atoms with Crippen molar-refractivity contribution in [1.29, 1.82) is 0 Å². The van der Waals surface area contributed by atoms with Gasteiger partial charge in [0.2, 0.25) is 0 Å². The first-order valence-corrected chi connectivity index (χ1v) is 7.71. The Morgan fingerprint density at radius 3 is 2.90 bits per heavy atom. The van der Waals surface area contributed by atoms with E-state index in [-0.39, 0.29) is 5.56 Å². The number of aryl methyl sites for hydroxylation is 1. The van der Waals surface area contributed by atoms with E-state index in [1.807, 2.05) is 6.08 Å². The number of nitrogens with zero attached hydrogens (tertiary/aromatic N) is 3. The molecule has 1 unspecified atom stereocenters. The summed E-state index contributed by atoms with van der Waals surface area (Å²) >= 11 is 0. The average molecular weight is 290 g/mol. The highest BCUT2D eigenvalue weighted by Crippen LogP contribution is 2.23. The highest BCUT2D eigenvalue weighted by Gasteiger charge is 2.17. The second kappa shape index (κ2) is 4.82. The van der Waals surface area contributed by atoms with E-state index in [0.717, 1.165) is 5.57 Å². The number of allylic oxidation sites excluding steroid dienone is 1. The van der Waals surface area contributed by atoms with Gasteiger partial charge in [0.15, 0.2) is 0 Å². The summed E-state index contributed by atoms with van der Waals surface area (Å²) in [7, 11) is 0.856. The van der Waals surface area contributed by atoms with Gasteiger partial charge in [-0.1, -0.05) is 6.08 Å². The maximum atomic E-state index is 12.4. The summed E-state index contributed by atoms with van der Waals surface area (Å²) in [4.78, 5) is 20.5. The second-order valence-electron chi connectivity index (χ2n) is 4.71. The van der Waals surface area contributed by atoms with Gasteiger partial charge < -0.3 is 5.73 Å². The van der Waals surface area contributed by atoms with Gasteiger partial charge in [0.05, 0.1) is 5.39 Å². The number of hydrogen-bond donors (Lipinski definition) is 1. The molecule has 0 aliphatic carbocycles. The largest absolute Gasteiger partial charge is 0.383 e. The van der Waals surface area contributed by atoms with Crippen molar-refractivity contribution >= 4 is 33.2 Å². The van der Waals surface area contributed by atoms with E-state index in [9.17, 15) is 9.00 Å². The van der Waals surface area contributed by atoms with Crippen molar-refractivity contribution in [3.63, 3.8) is 0 Å². The molecule has 0 spiro atoms. The number of hydrogen-bond acceptors (Lipinski definition) is 5. The van der Waals surface area contributed by atoms with Gasteiger partial charge in [-0.3, -0.25) is 13.6 Å². The summed E-state index contributed by atoms with van der Waals surface area (Å²) in [6.45, 7) is 0. The molecule has 20 heavy (non-hydrogen) atoms. The van der Waals surface area contributed by atoms with E-state index in [1.54, 1.807) is 13.1 Å². The van der Waals surface area contributed by atoms with Crippen LogP contribution in [0.3, 0.4) is 0 Å². The molecule has 0 amide bonds. The summed E-state index contributed by atoms with van der Waals surface area (Å²) in [5.41, 5.74) is 7.79. The van der Waals surface area contributed by atoms with Crippen molar-refractivity contribution in [1.82, 2.24) is 14.5 Å². The van der Waals surface area contributed by atoms with Gasteiger partial charge in [-0.15, -0.1) is 0 Å². The Hall–Kier alpha value is -2.02. The minimum absolute atomic E-state index is 0.116. The van der Waals surface area contributed by atoms with Crippen molar-refractivity contribution in [2.24, 2.45) is 7.05 Å². The van der Waals surface area contributed by atoms with E-state index in [0.29, 0.717) is 40.3 Å². The number of fused-ring (bicyclic) bond motifs is 1. The van der Waals surface area contributed by atoms with Crippen LogP contribution in [0.4, 0.5) is 5.82 Å². The van der Waals surface area contributed by atoms with E-state index in [1.165, 1.54) is 10.9 Å². The molecule has 1 aliphatic heterocycles. The number of aromatic nitrogens is 3. The van der Waals surface area contributed by atoms with Crippen molar-refractivity contribution in [2.45, 2.75) is 6.42 Å². The van der Waals surface area contributed by atoms with Gasteiger partial charge in [0.1, 0.15) is 17.8 Å². The van der Waals surface area contributed by atoms with Crippen LogP contribution in [-0.2, 0) is 17.8 Å². The Morgan fingerprint density at radius 1 is 1.40 bits per heavy atom. The van der Waals surface area contributed by atoms with Crippen LogP contribution in [-0.4, -0.2) is 30.2 Å². The quantitative estimate of drug-likeness (QED) is 0.823. The standard InChI is InChI=1S/C13H14N4O2S/c1-17-12-10(11(14)15-7-16-12)6-9(13(17)18)8-2-4-20(19)5-3-8/h2,6-7H,3-5H2,1H3,(H2,14,15,16). The number of nitrogen functional groups attached to an aromatic ring is 1. The van der Waals surface area contributed by atoms with Crippen LogP contribution in [0.15, 0.2) is 23.3 Å². The van der Waals surface area contributed by atoms with E-state index in [2.05, 4.69) is 9.97 Å². The summed E-state index contributed by atoms with van der Waals surface area (Å²) in [6, 6.07) is 1.74. The Bertz CT molecular complexity index is 810. The third-order valence-electron chi connectivity index (χ3n) is 3.50. The number of pyridine rings is 1. The van der Waals surface area contributed by atoms with E-state index < -0.39 is 10.8 Å². The lowest BCUT2D eigenvalue weighted by Crippen LogP contribution is -2.23. The first-order valence-electron chi connectivity index (χ1n) is 6.22. The lowest BCUT2D eigenvalue weighted by molar-refractivity contribution is 0.684. The monoisotopic (exact) mass is 290 g/mol. The first kappa shape index (κ1) is 13.0. The maximum absolute atomic E-state index is 12.4. The predicted molar refractivity (Wildman–Crippen MR) is 79.7 cm³/mol. The van der Waals surface area contributed by atoms with Gasteiger partial charge in [0, 0.05) is 34.9 Å². The van der Waals surface area contributed by atoms with Gasteiger partial charge in [0.25, 0.3) is 5.56 Å². The normalized spacial score (nSPS) is 19.1. The fraction of sp³-hybridized carbons (Fsp3) is 0.308. The molecule has 2 N–H and O–H groups in total. The minimum atomic E-state index is -0.813. The molecule has 2 aromatic heterocycles. The van der Waals surface area contributed by atoms with Gasteiger partial charge in [-0.25, -0.2) is 9.97 Å². The zero-order valence-corrected chi connectivity index (χ0v) is 11.8. The van der Waals surface area contributed by atoms with E-state index in [4.69, 9.17) is 5.73 Å². The summed E-state index contributed by atoms with van der Waals surface area (Å²) in [6.07, 6.45) is 3.86. The summed E-state index contributed by atoms with van der Waals surface area (Å²) < 4.78 is 12.9. The molecular weight excluding hydrogens is 276 g/mol. The highest BCUT2D eigenvalue weighted by molar-refractivity contribution is 7.85. The molecule has 0 radical (unpaired) electrons. The number of nitrogens with two attached hydrogens (primary N) is 1. The molecule has 0 saturated carbocycles. The van der Waals surface area contributed by atoms with Crippen LogP contribution < -0.4 is 11.3 Å². The molecular formula is C13H14N4O2S. The van der Waals surface area contributed by atoms with Crippen molar-refractivity contribution in [3.8, 4) is 0 Å². The van der Waals surface area contributed by atoms with Crippen LogP contribution in [0, 0.1) is 0 Å². The molecule has 6 nitrogen and oxygen atoms in total. The Labute approximate surface area is 117 Å². The van der Waals surface area contributed by atoms with Gasteiger partial charge in [-0.05, 0) is 18.1 Å². The summed E-state index contributed by atoms with van der Waals surface area (Å²) in [5.74, 6) is 1.44. The van der Waals surface area contributed by atoms with Crippen LogP contribution >= 0.6 is 0 Å². The number of anilines is 1. The molecule has 3 rings (SSSR count). The highest BCUT2D eigenvalue weighted by atomic mass is 32.2. The lowest BCUT2D eigenvalue weighted by Gasteiger charge is -2.14. The summed E-state index contributed by atoms with van der Waals surface area (Å²) in [5, 5.41) is 0.664. The second-order valence-corrected chi connectivity index (χ2v) is 6.33. The number of rotatable bonds is 1. The van der Waals surface area contributed by atoms with Crippen molar-refractivity contribution in [3.05, 3.63) is 34.4 Å². The SMILES string of the molecule is Cn1c(=O)c(C2=CCS(=O)CC2)cc2c(N)ncnc21. The van der Waals surface area contributed by atoms with Crippen LogP contribution in [0.25, 0.3) is 16.6 Å². The molecule has 0 aromatic carbocycles. The lowest BCUT2D eigenvalue weighted by atomic mass is 10.0. The zero-order valence-electron chi connectivity index (χ0n) is 11.0. The molecule has 1 aliphatic rings. The molecule has 7 heteroatoms. The topological polar surface area (TPSA) is 90.9 Å². The van der Waals surface area contributed by atoms with Crippen LogP contribution in [0.2, 0.25) is 0 Å². The fourth-order valence-electron chi connectivity index (χ4n) is 2.37. The van der Waals surface area contributed by atoms with Crippen molar-refractivity contribution in [2.75, 3.05) is 17.2 Å². The third-order valence-corrected chi connectivity index (χ3v) is 4.69. The Morgan fingerprint density at radius 2 is 2.20 bits per heavy atom. The van der Waals surface area contributed by atoms with Crippen molar-refractivity contribution < 1.29 is 4.21 Å². The molecule has 0 fully saturated rings. The molecule has 3 heterocycles.